The molecule has 0 atom stereocenters. The first-order chi connectivity index (χ1) is 13.0. The Balaban J connectivity index is 1.86. The maximum absolute atomic E-state index is 11.8. The number of rotatable bonds is 6. The van der Waals surface area contributed by atoms with Gasteiger partial charge in [0.25, 0.3) is 0 Å². The van der Waals surface area contributed by atoms with Crippen molar-refractivity contribution in [1.82, 2.24) is 5.43 Å². The van der Waals surface area contributed by atoms with Crippen LogP contribution in [0.2, 0.25) is 0 Å². The van der Waals surface area contributed by atoms with E-state index in [1.54, 1.807) is 48.5 Å². The molecule has 0 unspecified atom stereocenters. The Morgan fingerprint density at radius 1 is 1.00 bits per heavy atom. The van der Waals surface area contributed by atoms with Crippen LogP contribution in [0.1, 0.15) is 22.8 Å². The number of nitrogens with zero attached hydrogens (tertiary/aromatic N) is 1. The van der Waals surface area contributed by atoms with Gasteiger partial charge in [-0.25, -0.2) is 10.2 Å². The molecule has 0 radical (unpaired) electrons. The third-order valence-corrected chi connectivity index (χ3v) is 3.34. The van der Waals surface area contributed by atoms with E-state index in [2.05, 4.69) is 20.6 Å². The number of anilines is 1. The summed E-state index contributed by atoms with van der Waals surface area (Å²) in [6, 6.07) is 13.0. The van der Waals surface area contributed by atoms with Gasteiger partial charge in [0.05, 0.1) is 25.5 Å². The van der Waals surface area contributed by atoms with Crippen LogP contribution in [-0.4, -0.2) is 37.7 Å². The van der Waals surface area contributed by atoms with Crippen LogP contribution in [0, 0.1) is 0 Å². The van der Waals surface area contributed by atoms with E-state index in [4.69, 9.17) is 4.74 Å². The van der Waals surface area contributed by atoms with E-state index in [0.717, 1.165) is 0 Å². The Hall–Kier alpha value is -3.68. The molecule has 0 aliphatic carbocycles. The maximum atomic E-state index is 11.8. The average molecular weight is 369 g/mol. The Bertz CT molecular complexity index is 829. The van der Waals surface area contributed by atoms with Gasteiger partial charge in [-0.2, -0.15) is 5.10 Å². The highest BCUT2D eigenvalue weighted by Crippen LogP contribution is 2.15. The molecule has 2 aromatic rings. The van der Waals surface area contributed by atoms with Gasteiger partial charge in [-0.05, 0) is 48.9 Å². The van der Waals surface area contributed by atoms with Gasteiger partial charge in [0.15, 0.2) is 0 Å². The van der Waals surface area contributed by atoms with Crippen molar-refractivity contribution >= 4 is 29.7 Å². The topological polar surface area (TPSA) is 106 Å². The van der Waals surface area contributed by atoms with Gasteiger partial charge in [0.1, 0.15) is 5.75 Å². The van der Waals surface area contributed by atoms with Gasteiger partial charge in [0.2, 0.25) is 0 Å². The molecule has 2 amide bonds. The molecular weight excluding hydrogens is 350 g/mol. The van der Waals surface area contributed by atoms with Crippen LogP contribution >= 0.6 is 0 Å². The summed E-state index contributed by atoms with van der Waals surface area (Å²) in [6.45, 7) is 2.41. The Morgan fingerprint density at radius 2 is 1.67 bits per heavy atom. The van der Waals surface area contributed by atoms with Gasteiger partial charge in [-0.3, -0.25) is 9.59 Å². The van der Waals surface area contributed by atoms with Crippen molar-refractivity contribution in [2.45, 2.75) is 6.92 Å². The third-order valence-electron chi connectivity index (χ3n) is 3.34. The molecule has 0 saturated carbocycles. The van der Waals surface area contributed by atoms with Gasteiger partial charge in [-0.15, -0.1) is 0 Å². The summed E-state index contributed by atoms with van der Waals surface area (Å²) in [4.78, 5) is 34.9. The summed E-state index contributed by atoms with van der Waals surface area (Å²) in [5.74, 6) is -1.54. The number of nitrogens with one attached hydrogen (secondary N) is 2. The number of carbonyl (C=O) groups is 3. The van der Waals surface area contributed by atoms with Crippen molar-refractivity contribution in [3.63, 3.8) is 0 Å². The normalized spacial score (nSPS) is 10.3. The molecule has 0 aliphatic heterocycles. The number of hydrazone groups is 1. The Kier molecular flexibility index (Phi) is 7.07. The van der Waals surface area contributed by atoms with E-state index >= 15 is 0 Å². The van der Waals surface area contributed by atoms with Gasteiger partial charge in [0, 0.05) is 5.69 Å². The standard InChI is InChI=1S/C19H19N3O5/c1-3-27-16-10-8-15(9-11-16)21-17(23)18(24)22-20-12-13-4-6-14(7-5-13)19(25)26-2/h4-12H,3H2,1-2H3,(H,21,23)(H,22,24). The SMILES string of the molecule is CCOc1ccc(NC(=O)C(=O)NN=Cc2ccc(C(=O)OC)cc2)cc1. The molecular formula is C19H19N3O5. The van der Waals surface area contributed by atoms with Crippen molar-refractivity contribution < 1.29 is 23.9 Å². The monoisotopic (exact) mass is 369 g/mol. The highest BCUT2D eigenvalue weighted by atomic mass is 16.5. The fraction of sp³-hybridized carbons (Fsp3) is 0.158. The molecule has 0 saturated heterocycles. The molecule has 2 N–H and O–H groups in total. The summed E-state index contributed by atoms with van der Waals surface area (Å²) in [5, 5.41) is 6.17. The lowest BCUT2D eigenvalue weighted by atomic mass is 10.1. The molecule has 0 fully saturated rings. The van der Waals surface area contributed by atoms with Crippen molar-refractivity contribution in [3.8, 4) is 5.75 Å². The maximum Gasteiger partial charge on any atom is 0.337 e. The van der Waals surface area contributed by atoms with Crippen LogP contribution in [-0.2, 0) is 14.3 Å². The van der Waals surface area contributed by atoms with E-state index in [0.29, 0.717) is 29.2 Å². The Labute approximate surface area is 156 Å². The van der Waals surface area contributed by atoms with Crippen LogP contribution in [0.25, 0.3) is 0 Å². The second-order valence-electron chi connectivity index (χ2n) is 5.22. The zero-order valence-corrected chi connectivity index (χ0v) is 14.9. The third kappa shape index (κ3) is 5.96. The second kappa shape index (κ2) is 9.71. The van der Waals surface area contributed by atoms with E-state index in [9.17, 15) is 14.4 Å². The van der Waals surface area contributed by atoms with Crippen LogP contribution in [0.3, 0.4) is 0 Å². The summed E-state index contributed by atoms with van der Waals surface area (Å²) >= 11 is 0. The number of benzene rings is 2. The smallest absolute Gasteiger partial charge is 0.337 e. The van der Waals surface area contributed by atoms with Crippen LogP contribution in [0.15, 0.2) is 53.6 Å². The van der Waals surface area contributed by atoms with Crippen molar-refractivity contribution in [2.75, 3.05) is 19.0 Å². The van der Waals surface area contributed by atoms with Crippen molar-refractivity contribution in [1.29, 1.82) is 0 Å². The number of hydrogen-bond acceptors (Lipinski definition) is 6. The minimum atomic E-state index is -0.911. The van der Waals surface area contributed by atoms with Gasteiger partial charge >= 0.3 is 17.8 Å². The minimum absolute atomic E-state index is 0.397. The summed E-state index contributed by atoms with van der Waals surface area (Å²) < 4.78 is 9.90. The second-order valence-corrected chi connectivity index (χ2v) is 5.22. The number of esters is 1. The quantitative estimate of drug-likeness (QED) is 0.350. The summed E-state index contributed by atoms with van der Waals surface area (Å²) in [7, 11) is 1.30. The van der Waals surface area contributed by atoms with Crippen LogP contribution in [0.5, 0.6) is 5.75 Å². The zero-order valence-electron chi connectivity index (χ0n) is 14.9. The molecule has 140 valence electrons. The van der Waals surface area contributed by atoms with E-state index in [1.165, 1.54) is 13.3 Å². The van der Waals surface area contributed by atoms with Crippen molar-refractivity contribution in [2.24, 2.45) is 5.10 Å². The van der Waals surface area contributed by atoms with E-state index in [-0.39, 0.29) is 0 Å². The highest BCUT2D eigenvalue weighted by Gasteiger charge is 2.12. The molecule has 8 heteroatoms. The highest BCUT2D eigenvalue weighted by molar-refractivity contribution is 6.39. The average Bonchev–Trinajstić information content (AvgIpc) is 2.69. The van der Waals surface area contributed by atoms with Gasteiger partial charge < -0.3 is 14.8 Å². The van der Waals surface area contributed by atoms with Crippen molar-refractivity contribution in [3.05, 3.63) is 59.7 Å². The summed E-state index contributed by atoms with van der Waals surface area (Å²) in [5.41, 5.74) is 3.62. The lowest BCUT2D eigenvalue weighted by molar-refractivity contribution is -0.136. The number of amides is 2. The first-order valence-electron chi connectivity index (χ1n) is 8.09. The van der Waals surface area contributed by atoms with E-state index < -0.39 is 17.8 Å². The molecule has 8 nitrogen and oxygen atoms in total. The zero-order chi connectivity index (χ0) is 19.6. The lowest BCUT2D eigenvalue weighted by Gasteiger charge is -2.06. The fourth-order valence-electron chi connectivity index (χ4n) is 2.03. The summed E-state index contributed by atoms with van der Waals surface area (Å²) in [6.07, 6.45) is 1.35. The number of ether oxygens (including phenoxy) is 2. The predicted molar refractivity (Wildman–Crippen MR) is 99.8 cm³/mol. The minimum Gasteiger partial charge on any atom is -0.494 e. The molecule has 27 heavy (non-hydrogen) atoms. The first-order valence-corrected chi connectivity index (χ1v) is 8.09. The molecule has 0 heterocycles. The van der Waals surface area contributed by atoms with Crippen LogP contribution < -0.4 is 15.5 Å². The molecule has 2 aromatic carbocycles. The Morgan fingerprint density at radius 3 is 2.26 bits per heavy atom. The number of carbonyl (C=O) groups excluding carboxylic acids is 3. The molecule has 2 rings (SSSR count). The van der Waals surface area contributed by atoms with E-state index in [1.807, 2.05) is 6.92 Å². The lowest BCUT2D eigenvalue weighted by Crippen LogP contribution is -2.32. The molecule has 0 aliphatic rings. The number of hydrogen-bond donors (Lipinski definition) is 2. The molecule has 0 bridgehead atoms. The molecule has 0 spiro atoms. The van der Waals surface area contributed by atoms with Gasteiger partial charge in [-0.1, -0.05) is 12.1 Å². The first kappa shape index (κ1) is 19.6. The predicted octanol–water partition coefficient (Wildman–Crippen LogP) is 1.96. The largest absolute Gasteiger partial charge is 0.494 e. The van der Waals surface area contributed by atoms with Crippen LogP contribution in [0.4, 0.5) is 5.69 Å². The fourth-order valence-corrected chi connectivity index (χ4v) is 2.03. The molecule has 0 aromatic heterocycles. The number of methoxy groups -OCH3 is 1.